The van der Waals surface area contributed by atoms with Gasteiger partial charge in [0.2, 0.25) is 0 Å². The minimum atomic E-state index is 1.14. The molecule has 0 atom stereocenters. The van der Waals surface area contributed by atoms with Gasteiger partial charge in [0.1, 0.15) is 0 Å². The van der Waals surface area contributed by atoms with Gasteiger partial charge in [0.25, 0.3) is 0 Å². The Morgan fingerprint density at radius 2 is 1.76 bits per heavy atom. The average Bonchev–Trinajstić information content (AvgIpc) is 3.20. The van der Waals surface area contributed by atoms with E-state index >= 15 is 0 Å². The van der Waals surface area contributed by atoms with E-state index < -0.39 is 0 Å². The number of hydrogen-bond acceptors (Lipinski definition) is 1. The van der Waals surface area contributed by atoms with Crippen LogP contribution in [0.1, 0.15) is 33.3 Å². The van der Waals surface area contributed by atoms with Gasteiger partial charge in [-0.3, -0.25) is 0 Å². The molecule has 0 radical (unpaired) electrons. The van der Waals surface area contributed by atoms with E-state index in [0.717, 1.165) is 4.47 Å². The summed E-state index contributed by atoms with van der Waals surface area (Å²) in [5.74, 6) is 0. The van der Waals surface area contributed by atoms with Gasteiger partial charge >= 0.3 is 0 Å². The Morgan fingerprint density at radius 3 is 2.48 bits per heavy atom. The first-order valence-electron chi connectivity index (χ1n) is 9.78. The molecule has 0 aliphatic carbocycles. The van der Waals surface area contributed by atoms with Crippen molar-refractivity contribution in [2.75, 3.05) is 0 Å². The van der Waals surface area contributed by atoms with Crippen LogP contribution in [0.25, 0.3) is 37.8 Å². The van der Waals surface area contributed by atoms with Crippen molar-refractivity contribution < 1.29 is 0 Å². The smallest absolute Gasteiger partial charge is 0.0804 e. The molecule has 0 saturated carbocycles. The third-order valence-electron chi connectivity index (χ3n) is 4.92. The predicted molar refractivity (Wildman–Crippen MR) is 139 cm³/mol. The second-order valence-electron chi connectivity index (χ2n) is 6.58. The first-order valence-corrected chi connectivity index (χ1v) is 12.2. The van der Waals surface area contributed by atoms with Crippen molar-refractivity contribution in [1.29, 1.82) is 0 Å². The normalized spacial score (nSPS) is 12.0. The molecule has 2 aromatic heterocycles. The molecule has 0 spiro atoms. The minimum absolute atomic E-state index is 1.14. The lowest BCUT2D eigenvalue weighted by Crippen LogP contribution is -1.92. The molecule has 0 N–H and O–H groups in total. The lowest BCUT2D eigenvalue weighted by atomic mass is 10.1. The van der Waals surface area contributed by atoms with E-state index in [4.69, 9.17) is 0 Å². The Hall–Kier alpha value is -1.62. The predicted octanol–water partition coefficient (Wildman–Crippen LogP) is 9.59. The lowest BCUT2D eigenvalue weighted by molar-refractivity contribution is 0.977. The molecule has 0 unspecified atom stereocenters. The van der Waals surface area contributed by atoms with Crippen LogP contribution in [0.3, 0.4) is 0 Å². The summed E-state index contributed by atoms with van der Waals surface area (Å²) in [4.78, 5) is 0. The van der Waals surface area contributed by atoms with Crippen LogP contribution < -0.4 is 0 Å². The summed E-state index contributed by atoms with van der Waals surface area (Å²) in [5, 5.41) is 2.52. The third kappa shape index (κ3) is 4.03. The van der Waals surface area contributed by atoms with Gasteiger partial charge in [-0.15, -0.1) is 11.3 Å². The summed E-state index contributed by atoms with van der Waals surface area (Å²) < 4.78 is 5.90. The van der Waals surface area contributed by atoms with E-state index in [0.29, 0.717) is 0 Å². The Kier molecular flexibility index (Phi) is 7.20. The van der Waals surface area contributed by atoms with E-state index in [1.54, 1.807) is 11.3 Å². The minimum Gasteiger partial charge on any atom is -0.343 e. The molecular weight excluding hydrogens is 506 g/mol. The summed E-state index contributed by atoms with van der Waals surface area (Å²) >= 11 is 9.47. The molecule has 0 fully saturated rings. The lowest BCUT2D eigenvalue weighted by Gasteiger charge is -2.06. The van der Waals surface area contributed by atoms with E-state index in [2.05, 4.69) is 111 Å². The number of fused-ring (bicyclic) bond motifs is 2. The Balaban J connectivity index is 0.00000117. The van der Waals surface area contributed by atoms with Crippen LogP contribution >= 0.6 is 43.2 Å². The molecule has 4 rings (SSSR count). The number of aryl methyl sites for hydroxylation is 1. The number of rotatable bonds is 3. The van der Waals surface area contributed by atoms with Gasteiger partial charge < -0.3 is 4.57 Å². The largest absolute Gasteiger partial charge is 0.343 e. The molecule has 4 heteroatoms. The van der Waals surface area contributed by atoms with Gasteiger partial charge in [0, 0.05) is 28.1 Å². The number of thiophene rings is 1. The Bertz CT molecular complexity index is 1220. The van der Waals surface area contributed by atoms with Gasteiger partial charge in [-0.05, 0) is 69.0 Å². The summed E-state index contributed by atoms with van der Waals surface area (Å²) in [6, 6.07) is 15.3. The van der Waals surface area contributed by atoms with Crippen LogP contribution in [0.5, 0.6) is 0 Å². The molecule has 29 heavy (non-hydrogen) atoms. The van der Waals surface area contributed by atoms with Gasteiger partial charge in [-0.25, -0.2) is 0 Å². The highest BCUT2D eigenvalue weighted by molar-refractivity contribution is 9.11. The summed E-state index contributed by atoms with van der Waals surface area (Å²) in [6.45, 7) is 8.19. The maximum atomic E-state index is 3.88. The Labute approximate surface area is 194 Å². The van der Waals surface area contributed by atoms with Gasteiger partial charge in [-0.2, -0.15) is 0 Å². The molecule has 2 aromatic carbocycles. The molecule has 0 aliphatic heterocycles. The van der Waals surface area contributed by atoms with E-state index in [9.17, 15) is 0 Å². The fourth-order valence-electron chi connectivity index (χ4n) is 3.49. The first kappa shape index (κ1) is 22.1. The van der Waals surface area contributed by atoms with Crippen LogP contribution in [0.2, 0.25) is 0 Å². The van der Waals surface area contributed by atoms with Crippen LogP contribution in [-0.4, -0.2) is 4.57 Å². The number of nitrogens with zero attached hydrogens (tertiary/aromatic N) is 1. The molecule has 0 saturated heterocycles. The molecule has 1 nitrogen and oxygen atoms in total. The topological polar surface area (TPSA) is 4.93 Å². The van der Waals surface area contributed by atoms with Gasteiger partial charge in [-0.1, -0.05) is 62.4 Å². The zero-order valence-electron chi connectivity index (χ0n) is 17.4. The van der Waals surface area contributed by atoms with Crippen molar-refractivity contribution >= 4 is 69.8 Å². The fraction of sp³-hybridized carbons (Fsp3) is 0.200. The molecule has 4 aromatic rings. The van der Waals surface area contributed by atoms with Crippen molar-refractivity contribution in [3.63, 3.8) is 0 Å². The standard InChI is InChI=1S/C23H19Br2NS.C2H6/c1-4-5-8-14(2)15-11-12-16-18(13-15)26(3)22(21(16)24)20-17-9-6-7-10-19(17)27-23(20)25;1-2/h4-13H,1-3H3;1-2H3/b5-4-,14-8+;. The van der Waals surface area contributed by atoms with Crippen LogP contribution in [0, 0.1) is 0 Å². The first-order chi connectivity index (χ1) is 14.0. The highest BCUT2D eigenvalue weighted by atomic mass is 79.9. The van der Waals surface area contributed by atoms with Crippen LogP contribution in [0.4, 0.5) is 0 Å². The summed E-state index contributed by atoms with van der Waals surface area (Å²) in [6.07, 6.45) is 6.29. The molecule has 0 bridgehead atoms. The second kappa shape index (κ2) is 9.46. The van der Waals surface area contributed by atoms with Crippen molar-refractivity contribution in [2.45, 2.75) is 27.7 Å². The van der Waals surface area contributed by atoms with Crippen molar-refractivity contribution in [3.8, 4) is 11.3 Å². The van der Waals surface area contributed by atoms with Crippen LogP contribution in [-0.2, 0) is 7.05 Å². The molecular formula is C25H25Br2NS. The van der Waals surface area contributed by atoms with E-state index in [1.165, 1.54) is 47.2 Å². The maximum absolute atomic E-state index is 3.88. The second-order valence-corrected chi connectivity index (χ2v) is 9.74. The Morgan fingerprint density at radius 1 is 1.03 bits per heavy atom. The number of aromatic nitrogens is 1. The third-order valence-corrected chi connectivity index (χ3v) is 7.57. The monoisotopic (exact) mass is 529 g/mol. The van der Waals surface area contributed by atoms with E-state index in [1.807, 2.05) is 20.8 Å². The van der Waals surface area contributed by atoms with Gasteiger partial charge in [0.05, 0.1) is 19.5 Å². The van der Waals surface area contributed by atoms with Crippen LogP contribution in [0.15, 0.2) is 69.0 Å². The summed E-state index contributed by atoms with van der Waals surface area (Å²) in [5.41, 5.74) is 6.20. The highest BCUT2D eigenvalue weighted by Gasteiger charge is 2.21. The fourth-order valence-corrected chi connectivity index (χ4v) is 6.14. The number of allylic oxidation sites excluding steroid dienone is 4. The van der Waals surface area contributed by atoms with Crippen molar-refractivity contribution in [2.24, 2.45) is 7.05 Å². The number of hydrogen-bond donors (Lipinski definition) is 0. The zero-order valence-corrected chi connectivity index (χ0v) is 21.4. The number of benzene rings is 2. The summed E-state index contributed by atoms with van der Waals surface area (Å²) in [7, 11) is 2.15. The molecule has 2 heterocycles. The molecule has 150 valence electrons. The van der Waals surface area contributed by atoms with Gasteiger partial charge in [0.15, 0.2) is 0 Å². The SMILES string of the molecule is C/C=C\C=C(/C)c1ccc2c(Br)c(-c3c(Br)sc4ccccc34)n(C)c2c1.CC. The highest BCUT2D eigenvalue weighted by Crippen LogP contribution is 2.47. The number of halogens is 2. The molecule has 0 amide bonds. The molecule has 0 aliphatic rings. The van der Waals surface area contributed by atoms with Crippen molar-refractivity contribution in [3.05, 3.63) is 74.5 Å². The quantitative estimate of drug-likeness (QED) is 0.232. The maximum Gasteiger partial charge on any atom is 0.0804 e. The van der Waals surface area contributed by atoms with E-state index in [-0.39, 0.29) is 0 Å². The average molecular weight is 531 g/mol. The zero-order chi connectivity index (χ0) is 21.1. The van der Waals surface area contributed by atoms with Crippen molar-refractivity contribution in [1.82, 2.24) is 4.57 Å².